The van der Waals surface area contributed by atoms with Gasteiger partial charge in [-0.3, -0.25) is 4.79 Å². The largest absolute Gasteiger partial charge is 0.341 e. The van der Waals surface area contributed by atoms with Gasteiger partial charge < -0.3 is 4.90 Å². The molecule has 1 fully saturated rings. The lowest BCUT2D eigenvalue weighted by molar-refractivity contribution is -0.131. The summed E-state index contributed by atoms with van der Waals surface area (Å²) in [5.41, 5.74) is 0.996. The molecule has 0 spiro atoms. The second kappa shape index (κ2) is 8.17. The summed E-state index contributed by atoms with van der Waals surface area (Å²) in [6, 6.07) is 5.97. The van der Waals surface area contributed by atoms with Gasteiger partial charge in [0, 0.05) is 13.1 Å². The summed E-state index contributed by atoms with van der Waals surface area (Å²) >= 11 is 1.61. The Labute approximate surface area is 142 Å². The lowest BCUT2D eigenvalue weighted by Gasteiger charge is -2.23. The Morgan fingerprint density at radius 1 is 1.26 bits per heavy atom. The summed E-state index contributed by atoms with van der Waals surface area (Å²) in [5, 5.41) is 0. The number of sulfonamides is 1. The molecule has 128 valence electrons. The third-order valence-corrected chi connectivity index (χ3v) is 6.09. The molecule has 0 radical (unpaired) electrons. The van der Waals surface area contributed by atoms with Gasteiger partial charge >= 0.3 is 0 Å². The van der Waals surface area contributed by atoms with Gasteiger partial charge in [0.15, 0.2) is 0 Å². The number of nitrogens with zero attached hydrogens (tertiary/aromatic N) is 1. The molecule has 1 aromatic carbocycles. The van der Waals surface area contributed by atoms with Crippen LogP contribution in [0.2, 0.25) is 0 Å². The molecule has 0 bridgehead atoms. The van der Waals surface area contributed by atoms with Crippen molar-refractivity contribution in [3.05, 3.63) is 29.8 Å². The van der Waals surface area contributed by atoms with Crippen LogP contribution in [0, 0.1) is 6.92 Å². The van der Waals surface area contributed by atoms with Crippen LogP contribution in [0.25, 0.3) is 0 Å². The van der Waals surface area contributed by atoms with E-state index in [4.69, 9.17) is 0 Å². The van der Waals surface area contributed by atoms with Crippen LogP contribution in [0.1, 0.15) is 24.8 Å². The van der Waals surface area contributed by atoms with E-state index in [9.17, 15) is 13.2 Å². The highest BCUT2D eigenvalue weighted by Crippen LogP contribution is 2.15. The van der Waals surface area contributed by atoms with E-state index in [1.807, 2.05) is 13.2 Å². The van der Waals surface area contributed by atoms with Crippen molar-refractivity contribution in [2.45, 2.75) is 37.1 Å². The Bertz CT molecular complexity index is 623. The van der Waals surface area contributed by atoms with Gasteiger partial charge in [-0.2, -0.15) is 16.5 Å². The summed E-state index contributed by atoms with van der Waals surface area (Å²) in [6.07, 6.45) is 4.44. The average Bonchev–Trinajstić information content (AvgIpc) is 3.05. The van der Waals surface area contributed by atoms with Gasteiger partial charge in [0.25, 0.3) is 0 Å². The SMILES string of the molecule is CSCC[C@H](NS(=O)(=O)c1ccc(C)cc1)C(=O)N1CCCC1. The van der Waals surface area contributed by atoms with Crippen LogP contribution >= 0.6 is 11.8 Å². The Hall–Kier alpha value is -1.05. The van der Waals surface area contributed by atoms with Crippen molar-refractivity contribution >= 4 is 27.7 Å². The second-order valence-electron chi connectivity index (χ2n) is 5.80. The van der Waals surface area contributed by atoms with Crippen molar-refractivity contribution < 1.29 is 13.2 Å². The first kappa shape index (κ1) is 18.3. The van der Waals surface area contributed by atoms with Crippen LogP contribution in [0.3, 0.4) is 0 Å². The first-order valence-corrected chi connectivity index (χ1v) is 10.7. The van der Waals surface area contributed by atoms with Gasteiger partial charge in [-0.1, -0.05) is 17.7 Å². The van der Waals surface area contributed by atoms with E-state index >= 15 is 0 Å². The molecule has 1 heterocycles. The molecule has 1 amide bonds. The fraction of sp³-hybridized carbons (Fsp3) is 0.562. The zero-order valence-electron chi connectivity index (χ0n) is 13.6. The van der Waals surface area contributed by atoms with Crippen molar-refractivity contribution in [1.82, 2.24) is 9.62 Å². The van der Waals surface area contributed by atoms with E-state index in [1.165, 1.54) is 0 Å². The summed E-state index contributed by atoms with van der Waals surface area (Å²) in [4.78, 5) is 14.6. The van der Waals surface area contributed by atoms with Crippen molar-refractivity contribution in [3.63, 3.8) is 0 Å². The standard InChI is InChI=1S/C16H24N2O3S2/c1-13-5-7-14(8-6-13)23(20,21)17-15(9-12-22-2)16(19)18-10-3-4-11-18/h5-8,15,17H,3-4,9-12H2,1-2H3/t15-/m0/s1. The lowest BCUT2D eigenvalue weighted by atomic mass is 10.2. The third-order valence-electron chi connectivity index (χ3n) is 3.96. The number of aryl methyl sites for hydroxylation is 1. The number of likely N-dealkylation sites (tertiary alicyclic amines) is 1. The number of hydrogen-bond acceptors (Lipinski definition) is 4. The molecular formula is C16H24N2O3S2. The molecule has 0 aromatic heterocycles. The highest BCUT2D eigenvalue weighted by molar-refractivity contribution is 7.98. The topological polar surface area (TPSA) is 66.5 Å². The first-order chi connectivity index (χ1) is 10.9. The summed E-state index contributed by atoms with van der Waals surface area (Å²) in [7, 11) is -3.69. The fourth-order valence-corrected chi connectivity index (χ4v) is 4.29. The molecule has 1 aliphatic heterocycles. The molecule has 1 aliphatic rings. The number of benzene rings is 1. The number of carbonyl (C=O) groups is 1. The summed E-state index contributed by atoms with van der Waals surface area (Å²) in [6.45, 7) is 3.35. The van der Waals surface area contributed by atoms with Gasteiger partial charge in [0.1, 0.15) is 6.04 Å². The quantitative estimate of drug-likeness (QED) is 0.812. The molecule has 5 nitrogen and oxygen atoms in total. The fourth-order valence-electron chi connectivity index (χ4n) is 2.60. The zero-order valence-corrected chi connectivity index (χ0v) is 15.3. The molecule has 1 atom stereocenters. The molecule has 7 heteroatoms. The highest BCUT2D eigenvalue weighted by Gasteiger charge is 2.30. The van der Waals surface area contributed by atoms with E-state index in [-0.39, 0.29) is 10.8 Å². The minimum atomic E-state index is -3.69. The van der Waals surface area contributed by atoms with E-state index in [2.05, 4.69) is 4.72 Å². The van der Waals surface area contributed by atoms with Gasteiger partial charge in [-0.05, 0) is 50.3 Å². The molecule has 1 saturated heterocycles. The van der Waals surface area contributed by atoms with Crippen LogP contribution in [-0.4, -0.2) is 50.4 Å². The second-order valence-corrected chi connectivity index (χ2v) is 8.50. The van der Waals surface area contributed by atoms with Gasteiger partial charge in [-0.15, -0.1) is 0 Å². The molecule has 0 saturated carbocycles. The molecular weight excluding hydrogens is 332 g/mol. The lowest BCUT2D eigenvalue weighted by Crippen LogP contribution is -2.47. The first-order valence-electron chi connectivity index (χ1n) is 7.81. The van der Waals surface area contributed by atoms with E-state index in [0.717, 1.165) is 37.2 Å². The Morgan fingerprint density at radius 3 is 2.43 bits per heavy atom. The Balaban J connectivity index is 2.15. The number of nitrogens with one attached hydrogen (secondary N) is 1. The van der Waals surface area contributed by atoms with E-state index in [1.54, 1.807) is 40.9 Å². The molecule has 1 aromatic rings. The normalized spacial score (nSPS) is 16.5. The van der Waals surface area contributed by atoms with Crippen molar-refractivity contribution in [2.75, 3.05) is 25.1 Å². The number of carbonyl (C=O) groups excluding carboxylic acids is 1. The molecule has 1 N–H and O–H groups in total. The summed E-state index contributed by atoms with van der Waals surface area (Å²) in [5.74, 6) is 0.632. The molecule has 2 rings (SSSR count). The molecule has 23 heavy (non-hydrogen) atoms. The minimum Gasteiger partial charge on any atom is -0.341 e. The monoisotopic (exact) mass is 356 g/mol. The Morgan fingerprint density at radius 2 is 1.87 bits per heavy atom. The molecule has 0 unspecified atom stereocenters. The van der Waals surface area contributed by atoms with E-state index < -0.39 is 16.1 Å². The third kappa shape index (κ3) is 4.96. The van der Waals surface area contributed by atoms with Gasteiger partial charge in [0.05, 0.1) is 4.90 Å². The van der Waals surface area contributed by atoms with Crippen molar-refractivity contribution in [3.8, 4) is 0 Å². The Kier molecular flexibility index (Phi) is 6.50. The maximum Gasteiger partial charge on any atom is 0.241 e. The van der Waals surface area contributed by atoms with Crippen molar-refractivity contribution in [1.29, 1.82) is 0 Å². The zero-order chi connectivity index (χ0) is 16.9. The molecule has 0 aliphatic carbocycles. The summed E-state index contributed by atoms with van der Waals surface area (Å²) < 4.78 is 27.7. The number of hydrogen-bond donors (Lipinski definition) is 1. The maximum atomic E-state index is 12.6. The van der Waals surface area contributed by atoms with Crippen LogP contribution in [-0.2, 0) is 14.8 Å². The smallest absolute Gasteiger partial charge is 0.241 e. The van der Waals surface area contributed by atoms with Gasteiger partial charge in [-0.25, -0.2) is 8.42 Å². The highest BCUT2D eigenvalue weighted by atomic mass is 32.2. The predicted molar refractivity (Wildman–Crippen MR) is 94.1 cm³/mol. The van der Waals surface area contributed by atoms with Crippen LogP contribution < -0.4 is 4.72 Å². The van der Waals surface area contributed by atoms with Crippen LogP contribution in [0.15, 0.2) is 29.2 Å². The predicted octanol–water partition coefficient (Wildman–Crippen LogP) is 2.02. The number of thioether (sulfide) groups is 1. The average molecular weight is 357 g/mol. The van der Waals surface area contributed by atoms with E-state index in [0.29, 0.717) is 6.42 Å². The van der Waals surface area contributed by atoms with Crippen LogP contribution in [0.4, 0.5) is 0 Å². The van der Waals surface area contributed by atoms with Crippen molar-refractivity contribution in [2.24, 2.45) is 0 Å². The number of amides is 1. The van der Waals surface area contributed by atoms with Gasteiger partial charge in [0.2, 0.25) is 15.9 Å². The minimum absolute atomic E-state index is 0.104. The van der Waals surface area contributed by atoms with Crippen LogP contribution in [0.5, 0.6) is 0 Å². The number of rotatable bonds is 7. The maximum absolute atomic E-state index is 12.6.